The largest absolute Gasteiger partial charge is 0.453 e. The lowest BCUT2D eigenvalue weighted by molar-refractivity contribution is -0.148. The molecule has 2 aromatic rings. The summed E-state index contributed by atoms with van der Waals surface area (Å²) >= 11 is 12.0. The van der Waals surface area contributed by atoms with E-state index in [0.717, 1.165) is 11.1 Å². The summed E-state index contributed by atoms with van der Waals surface area (Å²) in [6.45, 7) is 3.96. The summed E-state index contributed by atoms with van der Waals surface area (Å²) in [6.07, 6.45) is 0.542. The first kappa shape index (κ1) is 16.2. The number of benzene rings is 2. The van der Waals surface area contributed by atoms with Gasteiger partial charge in [-0.25, -0.2) is 4.79 Å². The summed E-state index contributed by atoms with van der Waals surface area (Å²) in [7, 11) is 0. The highest BCUT2D eigenvalue weighted by molar-refractivity contribution is 6.35. The predicted octanol–water partition coefficient (Wildman–Crippen LogP) is 4.94. The average molecular weight is 350 g/mol. The molecule has 1 aliphatic heterocycles. The molecule has 120 valence electrons. The molecule has 0 saturated carbocycles. The third-order valence-electron chi connectivity index (χ3n) is 4.12. The molecule has 5 heteroatoms. The minimum Gasteiger partial charge on any atom is -0.453 e. The van der Waals surface area contributed by atoms with Crippen molar-refractivity contribution < 1.29 is 9.53 Å². The molecule has 0 aromatic heterocycles. The number of carbonyl (C=O) groups excluding carboxylic acids is 1. The Kier molecular flexibility index (Phi) is 4.26. The van der Waals surface area contributed by atoms with Gasteiger partial charge in [0.05, 0.1) is 0 Å². The van der Waals surface area contributed by atoms with Gasteiger partial charge in [0.1, 0.15) is 11.6 Å². The molecule has 1 saturated heterocycles. The molecule has 2 unspecified atom stereocenters. The first-order chi connectivity index (χ1) is 10.9. The van der Waals surface area contributed by atoms with Gasteiger partial charge in [-0.2, -0.15) is 0 Å². The van der Waals surface area contributed by atoms with Crippen LogP contribution in [0.3, 0.4) is 0 Å². The van der Waals surface area contributed by atoms with E-state index < -0.39 is 11.6 Å². The van der Waals surface area contributed by atoms with Gasteiger partial charge in [-0.1, -0.05) is 47.5 Å². The molecule has 0 amide bonds. The first-order valence-corrected chi connectivity index (χ1v) is 8.14. The van der Waals surface area contributed by atoms with E-state index >= 15 is 0 Å². The number of halogens is 2. The van der Waals surface area contributed by atoms with Crippen LogP contribution in [0.25, 0.3) is 0 Å². The Bertz CT molecular complexity index is 742. The van der Waals surface area contributed by atoms with Gasteiger partial charge in [-0.15, -0.1) is 0 Å². The van der Waals surface area contributed by atoms with Crippen molar-refractivity contribution in [3.63, 3.8) is 0 Å². The zero-order valence-electron chi connectivity index (χ0n) is 12.9. The number of carbonyl (C=O) groups is 1. The van der Waals surface area contributed by atoms with Gasteiger partial charge in [0.15, 0.2) is 0 Å². The quantitative estimate of drug-likeness (QED) is 0.797. The highest BCUT2D eigenvalue weighted by atomic mass is 35.5. The second-order valence-electron chi connectivity index (χ2n) is 6.03. The number of aryl methyl sites for hydroxylation is 1. The highest BCUT2D eigenvalue weighted by Crippen LogP contribution is 2.39. The van der Waals surface area contributed by atoms with Crippen molar-refractivity contribution >= 4 is 34.9 Å². The summed E-state index contributed by atoms with van der Waals surface area (Å²) in [5.74, 6) is -0.271. The SMILES string of the molecule is Cc1ccccc1C1(C)CC(Nc2cc(Cl)cc(Cl)c2)C(=O)O1. The Morgan fingerprint density at radius 3 is 2.48 bits per heavy atom. The number of rotatable bonds is 3. The third kappa shape index (κ3) is 3.31. The highest BCUT2D eigenvalue weighted by Gasteiger charge is 2.45. The Morgan fingerprint density at radius 2 is 1.83 bits per heavy atom. The van der Waals surface area contributed by atoms with Gasteiger partial charge in [-0.05, 0) is 43.2 Å². The second kappa shape index (κ2) is 6.06. The number of hydrogen-bond acceptors (Lipinski definition) is 3. The van der Waals surface area contributed by atoms with Gasteiger partial charge >= 0.3 is 5.97 Å². The zero-order chi connectivity index (χ0) is 16.6. The lowest BCUT2D eigenvalue weighted by Gasteiger charge is -2.25. The van der Waals surface area contributed by atoms with E-state index in [2.05, 4.69) is 5.32 Å². The molecule has 0 bridgehead atoms. The third-order valence-corrected chi connectivity index (χ3v) is 4.56. The molecular weight excluding hydrogens is 333 g/mol. The van der Waals surface area contributed by atoms with Crippen molar-refractivity contribution in [3.05, 3.63) is 63.6 Å². The van der Waals surface area contributed by atoms with E-state index in [1.165, 1.54) is 0 Å². The molecule has 0 aliphatic carbocycles. The summed E-state index contributed by atoms with van der Waals surface area (Å²) in [4.78, 5) is 12.3. The van der Waals surface area contributed by atoms with Crippen molar-refractivity contribution in [2.75, 3.05) is 5.32 Å². The van der Waals surface area contributed by atoms with Gasteiger partial charge in [-0.3, -0.25) is 0 Å². The van der Waals surface area contributed by atoms with E-state index in [-0.39, 0.29) is 5.97 Å². The summed E-state index contributed by atoms with van der Waals surface area (Å²) in [5.41, 5.74) is 2.21. The standard InChI is InChI=1S/C18H17Cl2NO2/c1-11-5-3-4-6-15(11)18(2)10-16(17(22)23-18)21-14-8-12(19)7-13(20)9-14/h3-9,16,21H,10H2,1-2H3. The average Bonchev–Trinajstić information content (AvgIpc) is 2.73. The first-order valence-electron chi connectivity index (χ1n) is 7.39. The van der Waals surface area contributed by atoms with Crippen LogP contribution in [0, 0.1) is 6.92 Å². The van der Waals surface area contributed by atoms with Crippen LogP contribution < -0.4 is 5.32 Å². The maximum atomic E-state index is 12.3. The Balaban J connectivity index is 1.84. The minimum absolute atomic E-state index is 0.271. The van der Waals surface area contributed by atoms with Gasteiger partial charge in [0.2, 0.25) is 0 Å². The van der Waals surface area contributed by atoms with Crippen LogP contribution in [0.5, 0.6) is 0 Å². The number of nitrogens with one attached hydrogen (secondary N) is 1. The Hall–Kier alpha value is -1.71. The molecule has 1 aliphatic rings. The molecule has 1 heterocycles. The van der Waals surface area contributed by atoms with Crippen molar-refractivity contribution in [2.24, 2.45) is 0 Å². The maximum absolute atomic E-state index is 12.3. The number of cyclic esters (lactones) is 1. The van der Waals surface area contributed by atoms with Crippen molar-refractivity contribution in [2.45, 2.75) is 31.9 Å². The molecule has 2 atom stereocenters. The van der Waals surface area contributed by atoms with Gasteiger partial charge in [0.25, 0.3) is 0 Å². The van der Waals surface area contributed by atoms with Crippen molar-refractivity contribution in [1.82, 2.24) is 0 Å². The number of anilines is 1. The molecule has 0 radical (unpaired) electrons. The molecule has 0 spiro atoms. The second-order valence-corrected chi connectivity index (χ2v) is 6.90. The van der Waals surface area contributed by atoms with E-state index in [0.29, 0.717) is 22.2 Å². The topological polar surface area (TPSA) is 38.3 Å². The lowest BCUT2D eigenvalue weighted by Crippen LogP contribution is -2.25. The summed E-state index contributed by atoms with van der Waals surface area (Å²) < 4.78 is 5.69. The van der Waals surface area contributed by atoms with Crippen LogP contribution in [0.1, 0.15) is 24.5 Å². The Morgan fingerprint density at radius 1 is 1.17 bits per heavy atom. The fraction of sp³-hybridized carbons (Fsp3) is 0.278. The van der Waals surface area contributed by atoms with Gasteiger partial charge in [0, 0.05) is 22.2 Å². The van der Waals surface area contributed by atoms with Crippen molar-refractivity contribution in [3.8, 4) is 0 Å². The minimum atomic E-state index is -0.636. The van der Waals surface area contributed by atoms with Crippen molar-refractivity contribution in [1.29, 1.82) is 0 Å². The molecule has 2 aromatic carbocycles. The van der Waals surface area contributed by atoms with Crippen LogP contribution in [-0.2, 0) is 15.1 Å². The number of hydrogen-bond donors (Lipinski definition) is 1. The lowest BCUT2D eigenvalue weighted by atomic mass is 9.88. The zero-order valence-corrected chi connectivity index (χ0v) is 14.4. The van der Waals surface area contributed by atoms with Crippen LogP contribution in [0.4, 0.5) is 5.69 Å². The van der Waals surface area contributed by atoms with E-state index in [4.69, 9.17) is 27.9 Å². The maximum Gasteiger partial charge on any atom is 0.329 e. The van der Waals surface area contributed by atoms with Crippen LogP contribution in [-0.4, -0.2) is 12.0 Å². The van der Waals surface area contributed by atoms with E-state index in [1.54, 1.807) is 18.2 Å². The van der Waals surface area contributed by atoms with E-state index in [1.807, 2.05) is 38.1 Å². The fourth-order valence-corrected chi connectivity index (χ4v) is 3.61. The number of esters is 1. The van der Waals surface area contributed by atoms with Crippen LogP contribution >= 0.6 is 23.2 Å². The number of ether oxygens (including phenoxy) is 1. The molecule has 23 heavy (non-hydrogen) atoms. The normalized spacial score (nSPS) is 23.7. The Labute approximate surface area is 145 Å². The summed E-state index contributed by atoms with van der Waals surface area (Å²) in [6, 6.07) is 12.6. The van der Waals surface area contributed by atoms with Crippen LogP contribution in [0.15, 0.2) is 42.5 Å². The molecule has 1 N–H and O–H groups in total. The monoisotopic (exact) mass is 349 g/mol. The molecule has 3 nitrogen and oxygen atoms in total. The smallest absolute Gasteiger partial charge is 0.329 e. The van der Waals surface area contributed by atoms with E-state index in [9.17, 15) is 4.79 Å². The fourth-order valence-electron chi connectivity index (χ4n) is 3.09. The molecule has 1 fully saturated rings. The summed E-state index contributed by atoms with van der Waals surface area (Å²) in [5, 5.41) is 4.22. The predicted molar refractivity (Wildman–Crippen MR) is 93.1 cm³/mol. The van der Waals surface area contributed by atoms with Crippen LogP contribution in [0.2, 0.25) is 10.0 Å². The molecule has 3 rings (SSSR count). The molecular formula is C18H17Cl2NO2. The van der Waals surface area contributed by atoms with Gasteiger partial charge < -0.3 is 10.1 Å².